The van der Waals surface area contributed by atoms with Gasteiger partial charge in [-0.15, -0.1) is 0 Å². The number of hydrogen-bond donors (Lipinski definition) is 2. The lowest BCUT2D eigenvalue weighted by molar-refractivity contribution is 0.595. The second kappa shape index (κ2) is 12.8. The maximum Gasteiger partial charge on any atom is 0.144 e. The van der Waals surface area contributed by atoms with E-state index in [2.05, 4.69) is 105 Å². The summed E-state index contributed by atoms with van der Waals surface area (Å²) >= 11 is 0. The summed E-state index contributed by atoms with van der Waals surface area (Å²) in [4.78, 5) is 34.1. The summed E-state index contributed by atoms with van der Waals surface area (Å²) in [6, 6.07) is 4.10. The van der Waals surface area contributed by atoms with Crippen molar-refractivity contribution in [2.45, 2.75) is 65.8 Å². The molecule has 0 amide bonds. The standard InChI is InChI=1S/C40H40N12/c1-5-49-21-17-41-37(49)33-25-9-11-27(45-25)34(38-42-18-22-50(38)6-2)29-13-15-31(47-29)36(40-44-20-24-52(40)8-4)32-16-14-30(48-32)35(28-12-10-26(33)46-28)39-43-19-23-51(39)7-3/h9-25,33,45,48H,5-8H2,1-4H3/b34-27+,35-28+,36-31+. The molecule has 2 unspecified atom stereocenters. The molecule has 9 rings (SSSR count). The van der Waals surface area contributed by atoms with Crippen LogP contribution in [-0.4, -0.2) is 60.7 Å². The van der Waals surface area contributed by atoms with Crippen molar-refractivity contribution in [2.75, 3.05) is 0 Å². The summed E-state index contributed by atoms with van der Waals surface area (Å²) < 4.78 is 8.67. The number of hydrogen-bond acceptors (Lipinski definition) is 7. The number of aliphatic imine (C=N–C) groups is 2. The Morgan fingerprint density at radius 2 is 1.12 bits per heavy atom. The molecule has 0 fully saturated rings. The first kappa shape index (κ1) is 31.7. The summed E-state index contributed by atoms with van der Waals surface area (Å²) in [5.41, 5.74) is 8.93. The highest BCUT2D eigenvalue weighted by atomic mass is 15.1. The Morgan fingerprint density at radius 1 is 0.577 bits per heavy atom. The van der Waals surface area contributed by atoms with Gasteiger partial charge in [0, 0.05) is 81.5 Å². The van der Waals surface area contributed by atoms with Gasteiger partial charge in [-0.2, -0.15) is 0 Å². The van der Waals surface area contributed by atoms with Crippen LogP contribution in [0.3, 0.4) is 0 Å². The van der Waals surface area contributed by atoms with E-state index in [9.17, 15) is 0 Å². The number of aromatic amines is 1. The Balaban J connectivity index is 1.34. The normalized spacial score (nSPS) is 23.5. The first-order valence-electron chi connectivity index (χ1n) is 18.1. The molecule has 0 aliphatic carbocycles. The lowest BCUT2D eigenvalue weighted by Gasteiger charge is -2.24. The van der Waals surface area contributed by atoms with Crippen molar-refractivity contribution in [3.63, 3.8) is 0 Å². The SMILES string of the molecule is CCn1ccnc1/C1=C2\C=CC(N2)C(c2nccn2CC)C2=N/C(=C(/c3nccn3CC)c3ccc([nH]3)/C(c3nccn3CC)=C3/C=CC1=N3)C=C2. The van der Waals surface area contributed by atoms with E-state index >= 15 is 0 Å². The molecule has 12 heteroatoms. The molecule has 9 heterocycles. The first-order valence-corrected chi connectivity index (χ1v) is 18.1. The van der Waals surface area contributed by atoms with E-state index in [-0.39, 0.29) is 12.0 Å². The van der Waals surface area contributed by atoms with Crippen LogP contribution in [0, 0.1) is 0 Å². The van der Waals surface area contributed by atoms with E-state index in [1.807, 2.05) is 49.6 Å². The van der Waals surface area contributed by atoms with E-state index in [1.165, 1.54) is 0 Å². The lowest BCUT2D eigenvalue weighted by Crippen LogP contribution is -2.35. The zero-order valence-corrected chi connectivity index (χ0v) is 29.7. The fourth-order valence-corrected chi connectivity index (χ4v) is 7.68. The van der Waals surface area contributed by atoms with Crippen molar-refractivity contribution >= 4 is 28.1 Å². The molecular formula is C40H40N12. The van der Waals surface area contributed by atoms with Crippen LogP contribution in [0.1, 0.15) is 68.3 Å². The minimum Gasteiger partial charge on any atom is -0.377 e. The molecule has 12 nitrogen and oxygen atoms in total. The molecule has 0 saturated carbocycles. The summed E-state index contributed by atoms with van der Waals surface area (Å²) in [6.07, 6.45) is 28.4. The number of nitrogens with one attached hydrogen (secondary N) is 2. The largest absolute Gasteiger partial charge is 0.377 e. The molecule has 0 saturated heterocycles. The molecule has 0 radical (unpaired) electrons. The van der Waals surface area contributed by atoms with Crippen LogP contribution in [-0.2, 0) is 26.2 Å². The number of allylic oxidation sites excluding steroid dienone is 6. The van der Waals surface area contributed by atoms with Gasteiger partial charge < -0.3 is 28.6 Å². The summed E-state index contributed by atoms with van der Waals surface area (Å²) in [5, 5.41) is 3.89. The van der Waals surface area contributed by atoms with Gasteiger partial charge in [0.15, 0.2) is 0 Å². The van der Waals surface area contributed by atoms with E-state index < -0.39 is 0 Å². The quantitative estimate of drug-likeness (QED) is 0.202. The predicted molar refractivity (Wildman–Crippen MR) is 203 cm³/mol. The second-order valence-corrected chi connectivity index (χ2v) is 13.0. The molecule has 4 aliphatic rings. The fourth-order valence-electron chi connectivity index (χ4n) is 7.68. The third-order valence-corrected chi connectivity index (χ3v) is 10.2. The van der Waals surface area contributed by atoms with Crippen molar-refractivity contribution in [3.05, 3.63) is 150 Å². The van der Waals surface area contributed by atoms with E-state index in [1.54, 1.807) is 0 Å². The Labute approximate surface area is 301 Å². The Hall–Kier alpha value is -6.30. The van der Waals surface area contributed by atoms with Crippen molar-refractivity contribution in [1.82, 2.24) is 48.5 Å². The molecule has 260 valence electrons. The maximum atomic E-state index is 5.41. The molecular weight excluding hydrogens is 649 g/mol. The lowest BCUT2D eigenvalue weighted by atomic mass is 9.93. The molecule has 0 aromatic carbocycles. The molecule has 8 bridgehead atoms. The monoisotopic (exact) mass is 688 g/mol. The fraction of sp³-hybridized carbons (Fsp3) is 0.250. The Bertz CT molecular complexity index is 2450. The van der Waals surface area contributed by atoms with Crippen LogP contribution in [0.15, 0.2) is 125 Å². The number of imidazole rings is 4. The third-order valence-electron chi connectivity index (χ3n) is 10.2. The molecule has 4 aliphatic heterocycles. The van der Waals surface area contributed by atoms with Crippen molar-refractivity contribution in [2.24, 2.45) is 9.98 Å². The van der Waals surface area contributed by atoms with Crippen molar-refractivity contribution in [1.29, 1.82) is 0 Å². The molecule has 5 aromatic rings. The van der Waals surface area contributed by atoms with Gasteiger partial charge in [-0.3, -0.25) is 4.99 Å². The summed E-state index contributed by atoms with van der Waals surface area (Å²) in [6.45, 7) is 11.6. The number of rotatable bonds is 8. The van der Waals surface area contributed by atoms with Crippen LogP contribution in [0.25, 0.3) is 16.7 Å². The summed E-state index contributed by atoms with van der Waals surface area (Å²) in [7, 11) is 0. The highest BCUT2D eigenvalue weighted by molar-refractivity contribution is 6.31. The Kier molecular flexibility index (Phi) is 7.79. The van der Waals surface area contributed by atoms with E-state index in [4.69, 9.17) is 29.9 Å². The minimum atomic E-state index is -0.181. The molecule has 52 heavy (non-hydrogen) atoms. The summed E-state index contributed by atoms with van der Waals surface area (Å²) in [5.74, 6) is 3.31. The van der Waals surface area contributed by atoms with Gasteiger partial charge in [0.1, 0.15) is 23.3 Å². The number of H-pyrrole nitrogens is 1. The van der Waals surface area contributed by atoms with Crippen LogP contribution in [0.2, 0.25) is 0 Å². The van der Waals surface area contributed by atoms with E-state index in [0.29, 0.717) is 0 Å². The second-order valence-electron chi connectivity index (χ2n) is 13.0. The highest BCUT2D eigenvalue weighted by Gasteiger charge is 2.36. The third kappa shape index (κ3) is 5.04. The van der Waals surface area contributed by atoms with Crippen molar-refractivity contribution in [3.8, 4) is 0 Å². The van der Waals surface area contributed by atoms with Crippen LogP contribution >= 0.6 is 0 Å². The molecule has 2 atom stereocenters. The van der Waals surface area contributed by atoms with Gasteiger partial charge in [0.2, 0.25) is 0 Å². The number of fused-ring (bicyclic) bond motifs is 6. The van der Waals surface area contributed by atoms with Gasteiger partial charge >= 0.3 is 0 Å². The first-order chi connectivity index (χ1) is 25.6. The van der Waals surface area contributed by atoms with Gasteiger partial charge in [-0.25, -0.2) is 24.9 Å². The zero-order valence-electron chi connectivity index (χ0n) is 29.7. The minimum absolute atomic E-state index is 0.134. The van der Waals surface area contributed by atoms with Crippen molar-refractivity contribution < 1.29 is 0 Å². The van der Waals surface area contributed by atoms with Crippen LogP contribution in [0.4, 0.5) is 0 Å². The molecule has 0 spiro atoms. The Morgan fingerprint density at radius 3 is 1.73 bits per heavy atom. The van der Waals surface area contributed by atoms with Crippen LogP contribution in [0.5, 0.6) is 0 Å². The van der Waals surface area contributed by atoms with Gasteiger partial charge in [0.05, 0.1) is 62.9 Å². The number of aromatic nitrogens is 9. The average Bonchev–Trinajstić information content (AvgIpc) is 4.02. The van der Waals surface area contributed by atoms with Gasteiger partial charge in [-0.1, -0.05) is 6.08 Å². The maximum absolute atomic E-state index is 5.41. The van der Waals surface area contributed by atoms with Crippen LogP contribution < -0.4 is 5.32 Å². The average molecular weight is 689 g/mol. The molecule has 2 N–H and O–H groups in total. The highest BCUT2D eigenvalue weighted by Crippen LogP contribution is 2.38. The molecule has 5 aromatic heterocycles. The smallest absolute Gasteiger partial charge is 0.144 e. The topological polar surface area (TPSA) is 124 Å². The van der Waals surface area contributed by atoms with Gasteiger partial charge in [-0.05, 0) is 70.2 Å². The van der Waals surface area contributed by atoms with Gasteiger partial charge in [0.25, 0.3) is 0 Å². The predicted octanol–water partition coefficient (Wildman–Crippen LogP) is 6.16. The number of aryl methyl sites for hydroxylation is 4. The van der Waals surface area contributed by atoms with E-state index in [0.717, 1.165) is 106 Å². The number of nitrogens with zero attached hydrogens (tertiary/aromatic N) is 10. The zero-order chi connectivity index (χ0) is 35.3.